The highest BCUT2D eigenvalue weighted by Gasteiger charge is 2.38. The van der Waals surface area contributed by atoms with E-state index in [1.807, 2.05) is 0 Å². The molecule has 2 amide bonds. The fraction of sp³-hybridized carbons (Fsp3) is 0.600. The average Bonchev–Trinajstić information content (AvgIpc) is 3.39. The van der Waals surface area contributed by atoms with Gasteiger partial charge in [-0.3, -0.25) is 14.5 Å². The zero-order valence-electron chi connectivity index (χ0n) is 14.7. The van der Waals surface area contributed by atoms with Gasteiger partial charge in [0.15, 0.2) is 0 Å². The van der Waals surface area contributed by atoms with Gasteiger partial charge in [-0.2, -0.15) is 0 Å². The highest BCUT2D eigenvalue weighted by atomic mass is 16.2. The Balaban J connectivity index is 1.42. The van der Waals surface area contributed by atoms with Crippen LogP contribution in [-0.2, 0) is 16.0 Å². The average molecular weight is 341 g/mol. The molecule has 5 heteroatoms. The zero-order chi connectivity index (χ0) is 17.2. The Hall–Kier alpha value is -1.88. The molecule has 1 aliphatic heterocycles. The van der Waals surface area contributed by atoms with Crippen molar-refractivity contribution < 1.29 is 9.59 Å². The summed E-state index contributed by atoms with van der Waals surface area (Å²) < 4.78 is 0. The number of carbonyl (C=O) groups is 2. The van der Waals surface area contributed by atoms with E-state index < -0.39 is 0 Å². The van der Waals surface area contributed by atoms with Gasteiger partial charge in [-0.05, 0) is 56.1 Å². The van der Waals surface area contributed by atoms with Gasteiger partial charge in [0, 0.05) is 18.6 Å². The van der Waals surface area contributed by atoms with Crippen molar-refractivity contribution in [1.82, 2.24) is 15.5 Å². The maximum atomic E-state index is 12.6. The monoisotopic (exact) mass is 341 g/mol. The smallest absolute Gasteiger partial charge is 0.242 e. The van der Waals surface area contributed by atoms with E-state index in [0.29, 0.717) is 18.6 Å². The molecule has 2 aliphatic carbocycles. The van der Waals surface area contributed by atoms with E-state index in [9.17, 15) is 9.59 Å². The summed E-state index contributed by atoms with van der Waals surface area (Å²) in [6.07, 6.45) is 7.25. The minimum Gasteiger partial charge on any atom is -0.354 e. The molecule has 1 saturated heterocycles. The van der Waals surface area contributed by atoms with Crippen molar-refractivity contribution in [2.24, 2.45) is 0 Å². The largest absolute Gasteiger partial charge is 0.354 e. The van der Waals surface area contributed by atoms with E-state index in [1.165, 1.54) is 24.0 Å². The Labute approximate surface area is 149 Å². The first kappa shape index (κ1) is 16.6. The Morgan fingerprint density at radius 3 is 2.84 bits per heavy atom. The van der Waals surface area contributed by atoms with Gasteiger partial charge in [-0.15, -0.1) is 0 Å². The first-order valence-electron chi connectivity index (χ1n) is 9.63. The number of hydrogen-bond acceptors (Lipinski definition) is 3. The molecule has 2 atom stereocenters. The van der Waals surface area contributed by atoms with Gasteiger partial charge in [0.1, 0.15) is 6.04 Å². The quantitative estimate of drug-likeness (QED) is 0.860. The third-order valence-electron chi connectivity index (χ3n) is 5.71. The number of aryl methyl sites for hydroxylation is 1. The van der Waals surface area contributed by atoms with Crippen molar-refractivity contribution in [2.45, 2.75) is 63.1 Å². The molecule has 2 fully saturated rings. The van der Waals surface area contributed by atoms with E-state index in [2.05, 4.69) is 39.8 Å². The standard InChI is InChI=1S/C20H27N3O2/c24-19(22-17-7-3-4-12-21-20(17)25)13-23(15-9-10-15)18-11-8-14-5-1-2-6-16(14)18/h1-2,5-6,15,17-18H,3-4,7-13H2,(H,21,25)(H,22,24)/t17-,18+/m1/s1. The van der Waals surface area contributed by atoms with Gasteiger partial charge < -0.3 is 10.6 Å². The summed E-state index contributed by atoms with van der Waals surface area (Å²) in [5.74, 6) is -0.0478. The number of nitrogens with one attached hydrogen (secondary N) is 2. The normalized spacial score (nSPS) is 26.0. The van der Waals surface area contributed by atoms with Crippen LogP contribution in [0.25, 0.3) is 0 Å². The van der Waals surface area contributed by atoms with E-state index in [-0.39, 0.29) is 17.9 Å². The lowest BCUT2D eigenvalue weighted by Gasteiger charge is -2.29. The molecule has 0 unspecified atom stereocenters. The van der Waals surface area contributed by atoms with Gasteiger partial charge in [-0.25, -0.2) is 0 Å². The second kappa shape index (κ2) is 7.16. The van der Waals surface area contributed by atoms with Crippen molar-refractivity contribution in [3.8, 4) is 0 Å². The molecule has 3 aliphatic rings. The van der Waals surface area contributed by atoms with E-state index in [1.54, 1.807) is 0 Å². The van der Waals surface area contributed by atoms with Crippen molar-refractivity contribution in [3.05, 3.63) is 35.4 Å². The Morgan fingerprint density at radius 2 is 2.00 bits per heavy atom. The van der Waals surface area contributed by atoms with Gasteiger partial charge >= 0.3 is 0 Å². The van der Waals surface area contributed by atoms with E-state index >= 15 is 0 Å². The van der Waals surface area contributed by atoms with Gasteiger partial charge in [-0.1, -0.05) is 24.3 Å². The molecule has 1 saturated carbocycles. The number of amides is 2. The minimum atomic E-state index is -0.369. The minimum absolute atomic E-state index is 0.0154. The van der Waals surface area contributed by atoms with Crippen molar-refractivity contribution in [1.29, 1.82) is 0 Å². The molecule has 0 radical (unpaired) electrons. The molecule has 25 heavy (non-hydrogen) atoms. The van der Waals surface area contributed by atoms with Gasteiger partial charge in [0.05, 0.1) is 6.54 Å². The van der Waals surface area contributed by atoms with Crippen LogP contribution in [0.3, 0.4) is 0 Å². The van der Waals surface area contributed by atoms with Crippen LogP contribution in [0.5, 0.6) is 0 Å². The van der Waals surface area contributed by atoms with Crippen LogP contribution in [0, 0.1) is 0 Å². The van der Waals surface area contributed by atoms with Crippen LogP contribution in [0.4, 0.5) is 0 Å². The van der Waals surface area contributed by atoms with Crippen LogP contribution in [-0.4, -0.2) is 41.9 Å². The molecule has 0 bridgehead atoms. The number of benzene rings is 1. The van der Waals surface area contributed by atoms with Gasteiger partial charge in [0.2, 0.25) is 11.8 Å². The molecule has 1 aromatic carbocycles. The summed E-state index contributed by atoms with van der Waals surface area (Å²) in [6, 6.07) is 9.10. The number of carbonyl (C=O) groups excluding carboxylic acids is 2. The first-order chi connectivity index (χ1) is 12.2. The highest BCUT2D eigenvalue weighted by Crippen LogP contribution is 2.41. The fourth-order valence-corrected chi connectivity index (χ4v) is 4.26. The number of rotatable bonds is 5. The summed E-state index contributed by atoms with van der Waals surface area (Å²) in [5, 5.41) is 5.87. The SMILES string of the molecule is O=C(CN(C1CC1)[C@H]1CCc2ccccc21)N[C@@H]1CCCCNC1=O. The lowest BCUT2D eigenvalue weighted by Crippen LogP contribution is -2.49. The summed E-state index contributed by atoms with van der Waals surface area (Å²) in [7, 11) is 0. The molecule has 2 N–H and O–H groups in total. The Morgan fingerprint density at radius 1 is 1.16 bits per heavy atom. The van der Waals surface area contributed by atoms with E-state index in [0.717, 1.165) is 38.6 Å². The second-order valence-corrected chi connectivity index (χ2v) is 7.56. The van der Waals surface area contributed by atoms with Crippen molar-refractivity contribution in [2.75, 3.05) is 13.1 Å². The van der Waals surface area contributed by atoms with Crippen molar-refractivity contribution >= 4 is 11.8 Å². The van der Waals surface area contributed by atoms with E-state index in [4.69, 9.17) is 0 Å². The van der Waals surface area contributed by atoms with Crippen LogP contribution >= 0.6 is 0 Å². The Bertz CT molecular complexity index is 656. The third-order valence-corrected chi connectivity index (χ3v) is 5.71. The lowest BCUT2D eigenvalue weighted by atomic mass is 10.1. The molecular formula is C20H27N3O2. The molecule has 1 aromatic rings. The van der Waals surface area contributed by atoms with Crippen LogP contribution in [0.15, 0.2) is 24.3 Å². The summed E-state index contributed by atoms with van der Waals surface area (Å²) in [4.78, 5) is 27.1. The molecule has 0 spiro atoms. The predicted octanol–water partition coefficient (Wildman–Crippen LogP) is 1.92. The number of hydrogen-bond donors (Lipinski definition) is 2. The molecule has 0 aromatic heterocycles. The first-order valence-corrected chi connectivity index (χ1v) is 9.63. The lowest BCUT2D eigenvalue weighted by molar-refractivity contribution is -0.129. The van der Waals surface area contributed by atoms with Crippen LogP contribution in [0.2, 0.25) is 0 Å². The van der Waals surface area contributed by atoms with Crippen LogP contribution in [0.1, 0.15) is 55.7 Å². The molecule has 134 valence electrons. The molecular weight excluding hydrogens is 314 g/mol. The highest BCUT2D eigenvalue weighted by molar-refractivity contribution is 5.88. The molecule has 1 heterocycles. The maximum absolute atomic E-state index is 12.6. The number of fused-ring (bicyclic) bond motifs is 1. The topological polar surface area (TPSA) is 61.4 Å². The second-order valence-electron chi connectivity index (χ2n) is 7.56. The summed E-state index contributed by atoms with van der Waals surface area (Å²) >= 11 is 0. The van der Waals surface area contributed by atoms with Crippen molar-refractivity contribution in [3.63, 3.8) is 0 Å². The summed E-state index contributed by atoms with van der Waals surface area (Å²) in [6.45, 7) is 1.12. The fourth-order valence-electron chi connectivity index (χ4n) is 4.26. The Kier molecular flexibility index (Phi) is 4.75. The molecule has 5 nitrogen and oxygen atoms in total. The maximum Gasteiger partial charge on any atom is 0.242 e. The van der Waals surface area contributed by atoms with Gasteiger partial charge in [0.25, 0.3) is 0 Å². The summed E-state index contributed by atoms with van der Waals surface area (Å²) in [5.41, 5.74) is 2.80. The number of nitrogens with zero attached hydrogens (tertiary/aromatic N) is 1. The zero-order valence-corrected chi connectivity index (χ0v) is 14.7. The van der Waals surface area contributed by atoms with Crippen LogP contribution < -0.4 is 10.6 Å². The predicted molar refractivity (Wildman–Crippen MR) is 96.0 cm³/mol. The molecule has 4 rings (SSSR count). The third kappa shape index (κ3) is 3.71.